The zero-order valence-corrected chi connectivity index (χ0v) is 13.4. The number of imidazole rings is 1. The normalized spacial score (nSPS) is 15.2. The molecular formula is C16H17N5OS. The number of carbonyl (C=O) groups excluding carboxylic acids is 1. The second kappa shape index (κ2) is 6.08. The van der Waals surface area contributed by atoms with Gasteiger partial charge in [0.05, 0.1) is 29.6 Å². The summed E-state index contributed by atoms with van der Waals surface area (Å²) in [6.45, 7) is 2.23. The standard InChI is InChI=1S/C16H17N5OS/c22-16(20-5-7-23-8-6-20)14-9-12(18-19-14)10-21-11-17-13-3-1-2-4-15(13)21/h1-4,9,11H,5-8,10H2,(H,18,19). The van der Waals surface area contributed by atoms with E-state index in [-0.39, 0.29) is 5.91 Å². The fourth-order valence-electron chi connectivity index (χ4n) is 2.80. The summed E-state index contributed by atoms with van der Waals surface area (Å²) in [4.78, 5) is 18.7. The molecule has 1 amide bonds. The van der Waals surface area contributed by atoms with E-state index in [0.717, 1.165) is 41.3 Å². The zero-order chi connectivity index (χ0) is 15.6. The van der Waals surface area contributed by atoms with Crippen LogP contribution in [0.15, 0.2) is 36.7 Å². The number of aromatic nitrogens is 4. The molecule has 1 saturated heterocycles. The zero-order valence-electron chi connectivity index (χ0n) is 12.6. The van der Waals surface area contributed by atoms with E-state index in [9.17, 15) is 4.79 Å². The number of benzene rings is 1. The SMILES string of the molecule is O=C(c1cc(Cn2cnc3ccccc32)[nH]n1)N1CCSCC1. The number of para-hydroxylation sites is 2. The molecule has 0 aliphatic carbocycles. The molecule has 0 saturated carbocycles. The molecule has 3 heterocycles. The Kier molecular flexibility index (Phi) is 3.78. The van der Waals surface area contributed by atoms with Gasteiger partial charge in [-0.15, -0.1) is 0 Å². The number of amides is 1. The molecule has 1 aliphatic heterocycles. The summed E-state index contributed by atoms with van der Waals surface area (Å²) < 4.78 is 2.05. The third kappa shape index (κ3) is 2.84. The largest absolute Gasteiger partial charge is 0.336 e. The number of nitrogens with one attached hydrogen (secondary N) is 1. The summed E-state index contributed by atoms with van der Waals surface area (Å²) >= 11 is 1.89. The molecule has 0 radical (unpaired) electrons. The van der Waals surface area contributed by atoms with Gasteiger partial charge in [-0.1, -0.05) is 12.1 Å². The molecule has 23 heavy (non-hydrogen) atoms. The van der Waals surface area contributed by atoms with Crippen LogP contribution in [-0.4, -0.2) is 55.2 Å². The number of hydrogen-bond donors (Lipinski definition) is 1. The Morgan fingerprint density at radius 2 is 2.09 bits per heavy atom. The predicted octanol–water partition coefficient (Wildman–Crippen LogP) is 2.00. The Labute approximate surface area is 137 Å². The monoisotopic (exact) mass is 327 g/mol. The van der Waals surface area contributed by atoms with Gasteiger partial charge in [-0.2, -0.15) is 16.9 Å². The quantitative estimate of drug-likeness (QED) is 0.799. The molecule has 0 atom stereocenters. The average Bonchev–Trinajstić information content (AvgIpc) is 3.23. The number of thioether (sulfide) groups is 1. The number of fused-ring (bicyclic) bond motifs is 1. The first-order chi connectivity index (χ1) is 11.3. The van der Waals surface area contributed by atoms with Crippen LogP contribution in [0, 0.1) is 0 Å². The average molecular weight is 327 g/mol. The van der Waals surface area contributed by atoms with Crippen LogP contribution in [0.2, 0.25) is 0 Å². The molecule has 2 aromatic heterocycles. The van der Waals surface area contributed by atoms with Crippen LogP contribution in [0.1, 0.15) is 16.2 Å². The number of H-pyrrole nitrogens is 1. The first-order valence-corrected chi connectivity index (χ1v) is 8.78. The van der Waals surface area contributed by atoms with Crippen molar-refractivity contribution in [3.05, 3.63) is 48.0 Å². The molecular weight excluding hydrogens is 310 g/mol. The Balaban J connectivity index is 1.52. The minimum atomic E-state index is 0.0169. The van der Waals surface area contributed by atoms with E-state index in [2.05, 4.69) is 19.7 Å². The predicted molar refractivity (Wildman–Crippen MR) is 90.7 cm³/mol. The summed E-state index contributed by atoms with van der Waals surface area (Å²) in [5, 5.41) is 7.17. The molecule has 0 bridgehead atoms. The van der Waals surface area contributed by atoms with Crippen molar-refractivity contribution in [2.24, 2.45) is 0 Å². The molecule has 118 valence electrons. The smallest absolute Gasteiger partial charge is 0.274 e. The summed E-state index contributed by atoms with van der Waals surface area (Å²) in [6.07, 6.45) is 1.81. The van der Waals surface area contributed by atoms with E-state index in [4.69, 9.17) is 0 Å². The van der Waals surface area contributed by atoms with Gasteiger partial charge in [-0.25, -0.2) is 4.98 Å². The van der Waals surface area contributed by atoms with Crippen molar-refractivity contribution >= 4 is 28.7 Å². The minimum Gasteiger partial charge on any atom is -0.336 e. The lowest BCUT2D eigenvalue weighted by atomic mass is 10.3. The van der Waals surface area contributed by atoms with E-state index in [1.165, 1.54) is 0 Å². The molecule has 7 heteroatoms. The highest BCUT2D eigenvalue weighted by atomic mass is 32.2. The Morgan fingerprint density at radius 3 is 2.96 bits per heavy atom. The topological polar surface area (TPSA) is 66.8 Å². The van der Waals surface area contributed by atoms with Crippen molar-refractivity contribution in [2.75, 3.05) is 24.6 Å². The van der Waals surface area contributed by atoms with Gasteiger partial charge in [-0.3, -0.25) is 9.89 Å². The van der Waals surface area contributed by atoms with Crippen LogP contribution in [0.25, 0.3) is 11.0 Å². The van der Waals surface area contributed by atoms with Gasteiger partial charge in [0.1, 0.15) is 5.69 Å². The highest BCUT2D eigenvalue weighted by Crippen LogP contribution is 2.15. The summed E-state index contributed by atoms with van der Waals surface area (Å²) in [7, 11) is 0. The number of hydrogen-bond acceptors (Lipinski definition) is 4. The van der Waals surface area contributed by atoms with E-state index in [1.54, 1.807) is 0 Å². The fraction of sp³-hybridized carbons (Fsp3) is 0.312. The second-order valence-corrected chi connectivity index (χ2v) is 6.77. The molecule has 0 unspecified atom stereocenters. The van der Waals surface area contributed by atoms with Crippen molar-refractivity contribution in [2.45, 2.75) is 6.54 Å². The molecule has 1 aliphatic rings. The molecule has 4 rings (SSSR count). The number of nitrogens with zero attached hydrogens (tertiary/aromatic N) is 4. The van der Waals surface area contributed by atoms with Crippen molar-refractivity contribution in [3.63, 3.8) is 0 Å². The van der Waals surface area contributed by atoms with Crippen molar-refractivity contribution in [3.8, 4) is 0 Å². The first kappa shape index (κ1) is 14.3. The minimum absolute atomic E-state index is 0.0169. The van der Waals surface area contributed by atoms with Crippen LogP contribution < -0.4 is 0 Å². The lowest BCUT2D eigenvalue weighted by molar-refractivity contribution is 0.0766. The van der Waals surface area contributed by atoms with E-state index in [1.807, 2.05) is 53.3 Å². The third-order valence-corrected chi connectivity index (χ3v) is 4.96. The van der Waals surface area contributed by atoms with Gasteiger partial charge in [0, 0.05) is 24.6 Å². The Hall–Kier alpha value is -2.28. The molecule has 1 N–H and O–H groups in total. The van der Waals surface area contributed by atoms with Gasteiger partial charge in [0.2, 0.25) is 0 Å². The highest BCUT2D eigenvalue weighted by molar-refractivity contribution is 7.99. The number of carbonyl (C=O) groups is 1. The Bertz CT molecular complexity index is 834. The third-order valence-electron chi connectivity index (χ3n) is 4.02. The van der Waals surface area contributed by atoms with E-state index in [0.29, 0.717) is 12.2 Å². The van der Waals surface area contributed by atoms with Gasteiger partial charge in [0.25, 0.3) is 5.91 Å². The lowest BCUT2D eigenvalue weighted by Gasteiger charge is -2.25. The van der Waals surface area contributed by atoms with Crippen LogP contribution in [0.4, 0.5) is 0 Å². The maximum atomic E-state index is 12.4. The molecule has 3 aromatic rings. The van der Waals surface area contributed by atoms with E-state index < -0.39 is 0 Å². The Morgan fingerprint density at radius 1 is 1.26 bits per heavy atom. The second-order valence-electron chi connectivity index (χ2n) is 5.54. The number of aromatic amines is 1. The lowest BCUT2D eigenvalue weighted by Crippen LogP contribution is -2.38. The van der Waals surface area contributed by atoms with Gasteiger partial charge in [0.15, 0.2) is 0 Å². The first-order valence-electron chi connectivity index (χ1n) is 7.62. The van der Waals surface area contributed by atoms with Crippen molar-refractivity contribution < 1.29 is 4.79 Å². The van der Waals surface area contributed by atoms with Gasteiger partial charge < -0.3 is 9.47 Å². The number of rotatable bonds is 3. The maximum absolute atomic E-state index is 12.4. The maximum Gasteiger partial charge on any atom is 0.274 e. The van der Waals surface area contributed by atoms with Crippen LogP contribution >= 0.6 is 11.8 Å². The summed E-state index contributed by atoms with van der Waals surface area (Å²) in [5.74, 6) is 2.02. The highest BCUT2D eigenvalue weighted by Gasteiger charge is 2.20. The fourth-order valence-corrected chi connectivity index (χ4v) is 3.70. The van der Waals surface area contributed by atoms with Crippen LogP contribution in [-0.2, 0) is 6.54 Å². The van der Waals surface area contributed by atoms with Crippen molar-refractivity contribution in [1.29, 1.82) is 0 Å². The van der Waals surface area contributed by atoms with Crippen LogP contribution in [0.5, 0.6) is 0 Å². The summed E-state index contributed by atoms with van der Waals surface area (Å²) in [5.41, 5.74) is 3.44. The van der Waals surface area contributed by atoms with Gasteiger partial charge in [-0.05, 0) is 18.2 Å². The van der Waals surface area contributed by atoms with Crippen LogP contribution in [0.3, 0.4) is 0 Å². The molecule has 1 fully saturated rings. The molecule has 6 nitrogen and oxygen atoms in total. The van der Waals surface area contributed by atoms with Crippen molar-refractivity contribution in [1.82, 2.24) is 24.6 Å². The molecule has 0 spiro atoms. The van der Waals surface area contributed by atoms with E-state index >= 15 is 0 Å². The molecule has 1 aromatic carbocycles. The van der Waals surface area contributed by atoms with Gasteiger partial charge >= 0.3 is 0 Å². The summed E-state index contributed by atoms with van der Waals surface area (Å²) in [6, 6.07) is 9.84.